The van der Waals surface area contributed by atoms with Gasteiger partial charge in [-0.2, -0.15) is 4.98 Å². The Hall–Kier alpha value is -3.13. The second-order valence-corrected chi connectivity index (χ2v) is 9.62. The Balaban J connectivity index is 1.49. The number of hydrogen-bond donors (Lipinski definition) is 2. The molecule has 7 nitrogen and oxygen atoms in total. The highest BCUT2D eigenvalue weighted by atomic mass is 32.2. The smallest absolute Gasteiger partial charge is 0.262 e. The van der Waals surface area contributed by atoms with Crippen molar-refractivity contribution in [3.8, 4) is 0 Å². The van der Waals surface area contributed by atoms with Gasteiger partial charge in [0.15, 0.2) is 0 Å². The fourth-order valence-electron chi connectivity index (χ4n) is 3.65. The molecule has 0 bridgehead atoms. The molecule has 0 amide bonds. The molecule has 1 fully saturated rings. The quantitative estimate of drug-likeness (QED) is 0.588. The highest BCUT2D eigenvalue weighted by Gasteiger charge is 2.18. The summed E-state index contributed by atoms with van der Waals surface area (Å²) in [6, 6.07) is 14.4. The molecule has 2 aromatic carbocycles. The second kappa shape index (κ2) is 8.55. The van der Waals surface area contributed by atoms with Crippen LogP contribution in [0, 0.1) is 20.8 Å². The Morgan fingerprint density at radius 1 is 0.871 bits per heavy atom. The number of nitrogens with zero attached hydrogens (tertiary/aromatic N) is 3. The van der Waals surface area contributed by atoms with Crippen LogP contribution < -0.4 is 14.9 Å². The first-order valence-electron chi connectivity index (χ1n) is 10.4. The largest absolute Gasteiger partial charge is 0.341 e. The van der Waals surface area contributed by atoms with Crippen LogP contribution in [0.2, 0.25) is 0 Å². The van der Waals surface area contributed by atoms with Crippen LogP contribution >= 0.6 is 0 Å². The van der Waals surface area contributed by atoms with Crippen LogP contribution in [0.25, 0.3) is 0 Å². The maximum atomic E-state index is 12.8. The standard InChI is InChI=1S/C23H27N5O2S/c1-16-6-7-17(2)21(14-16)31(29,30)27-20-10-8-19(9-11-20)25-22-15-18(3)24-23(26-22)28-12-4-5-13-28/h6-11,14-15,27H,4-5,12-13H2,1-3H3,(H,24,25,26). The summed E-state index contributed by atoms with van der Waals surface area (Å²) in [5.41, 5.74) is 3.84. The highest BCUT2D eigenvalue weighted by Crippen LogP contribution is 2.24. The van der Waals surface area contributed by atoms with Crippen LogP contribution in [0.1, 0.15) is 29.7 Å². The maximum absolute atomic E-state index is 12.8. The van der Waals surface area contributed by atoms with Crippen molar-refractivity contribution in [2.75, 3.05) is 28.0 Å². The van der Waals surface area contributed by atoms with Crippen molar-refractivity contribution in [3.05, 3.63) is 65.4 Å². The van der Waals surface area contributed by atoms with Crippen molar-refractivity contribution in [3.63, 3.8) is 0 Å². The van der Waals surface area contributed by atoms with Gasteiger partial charge in [0, 0.05) is 36.2 Å². The molecule has 0 spiro atoms. The molecule has 162 valence electrons. The van der Waals surface area contributed by atoms with Gasteiger partial charge >= 0.3 is 0 Å². The summed E-state index contributed by atoms with van der Waals surface area (Å²) < 4.78 is 28.3. The monoisotopic (exact) mass is 437 g/mol. The first-order valence-corrected chi connectivity index (χ1v) is 11.9. The van der Waals surface area contributed by atoms with E-state index in [-0.39, 0.29) is 0 Å². The van der Waals surface area contributed by atoms with E-state index < -0.39 is 10.0 Å². The zero-order valence-corrected chi connectivity index (χ0v) is 18.8. The third-order valence-corrected chi connectivity index (χ3v) is 6.80. The molecule has 0 radical (unpaired) electrons. The number of hydrogen-bond acceptors (Lipinski definition) is 6. The van der Waals surface area contributed by atoms with Gasteiger partial charge in [0.05, 0.1) is 4.90 Å². The normalized spacial score (nSPS) is 14.0. The highest BCUT2D eigenvalue weighted by molar-refractivity contribution is 7.92. The van der Waals surface area contributed by atoms with Crippen LogP contribution in [0.15, 0.2) is 53.4 Å². The Morgan fingerprint density at radius 3 is 2.26 bits per heavy atom. The lowest BCUT2D eigenvalue weighted by Gasteiger charge is -2.17. The Kier molecular flexibility index (Phi) is 5.82. The molecule has 1 aliphatic rings. The predicted octanol–water partition coefficient (Wildman–Crippen LogP) is 4.55. The second-order valence-electron chi connectivity index (χ2n) is 7.97. The van der Waals surface area contributed by atoms with E-state index in [9.17, 15) is 8.42 Å². The molecule has 2 N–H and O–H groups in total. The number of benzene rings is 2. The molecule has 0 unspecified atom stereocenters. The van der Waals surface area contributed by atoms with Gasteiger partial charge in [-0.05, 0) is 75.1 Å². The first kappa shape index (κ1) is 21.1. The summed E-state index contributed by atoms with van der Waals surface area (Å²) >= 11 is 0. The third-order valence-electron chi connectivity index (χ3n) is 5.27. The summed E-state index contributed by atoms with van der Waals surface area (Å²) in [4.78, 5) is 11.7. The minimum atomic E-state index is -3.66. The lowest BCUT2D eigenvalue weighted by atomic mass is 10.2. The average Bonchev–Trinajstić information content (AvgIpc) is 3.26. The van der Waals surface area contributed by atoms with Crippen LogP contribution in [-0.4, -0.2) is 31.5 Å². The minimum Gasteiger partial charge on any atom is -0.341 e. The molecule has 1 aromatic heterocycles. The molecule has 0 aliphatic carbocycles. The number of anilines is 4. The van der Waals surface area contributed by atoms with Crippen molar-refractivity contribution in [1.29, 1.82) is 0 Å². The SMILES string of the molecule is Cc1ccc(C)c(S(=O)(=O)Nc2ccc(Nc3cc(C)nc(N4CCCC4)n3)cc2)c1. The van der Waals surface area contributed by atoms with E-state index in [0.717, 1.165) is 41.8 Å². The molecule has 31 heavy (non-hydrogen) atoms. The summed E-state index contributed by atoms with van der Waals surface area (Å²) in [5, 5.41) is 3.29. The van der Waals surface area contributed by atoms with E-state index in [2.05, 4.69) is 24.9 Å². The molecule has 1 saturated heterocycles. The molecule has 0 saturated carbocycles. The lowest BCUT2D eigenvalue weighted by Crippen LogP contribution is -2.21. The molecular weight excluding hydrogens is 410 g/mol. The fraction of sp³-hybridized carbons (Fsp3) is 0.304. The van der Waals surface area contributed by atoms with Crippen molar-refractivity contribution in [2.45, 2.75) is 38.5 Å². The first-order chi connectivity index (χ1) is 14.8. The van der Waals surface area contributed by atoms with Gasteiger partial charge in [0.2, 0.25) is 5.95 Å². The van der Waals surface area contributed by atoms with Crippen LogP contribution in [0.3, 0.4) is 0 Å². The Labute approximate surface area is 183 Å². The summed E-state index contributed by atoms with van der Waals surface area (Å²) in [7, 11) is -3.66. The summed E-state index contributed by atoms with van der Waals surface area (Å²) in [6.07, 6.45) is 2.33. The Bertz CT molecular complexity index is 1190. The van der Waals surface area contributed by atoms with Gasteiger partial charge in [-0.1, -0.05) is 12.1 Å². The van der Waals surface area contributed by atoms with Gasteiger partial charge < -0.3 is 10.2 Å². The van der Waals surface area contributed by atoms with Crippen molar-refractivity contribution in [2.24, 2.45) is 0 Å². The van der Waals surface area contributed by atoms with Crippen LogP contribution in [0.4, 0.5) is 23.1 Å². The van der Waals surface area contributed by atoms with Gasteiger partial charge in [-0.3, -0.25) is 4.72 Å². The van der Waals surface area contributed by atoms with Crippen LogP contribution in [-0.2, 0) is 10.0 Å². The van der Waals surface area contributed by atoms with E-state index in [4.69, 9.17) is 0 Å². The molecule has 2 heterocycles. The number of nitrogens with one attached hydrogen (secondary N) is 2. The molecule has 1 aliphatic heterocycles. The number of aromatic nitrogens is 2. The van der Waals surface area contributed by atoms with Crippen molar-refractivity contribution in [1.82, 2.24) is 9.97 Å². The molecule has 8 heteroatoms. The molecule has 0 atom stereocenters. The van der Waals surface area contributed by atoms with Gasteiger partial charge in [-0.25, -0.2) is 13.4 Å². The maximum Gasteiger partial charge on any atom is 0.262 e. The minimum absolute atomic E-state index is 0.292. The summed E-state index contributed by atoms with van der Waals surface area (Å²) in [6.45, 7) is 7.60. The fourth-order valence-corrected chi connectivity index (χ4v) is 5.04. The van der Waals surface area contributed by atoms with E-state index >= 15 is 0 Å². The molecule has 4 rings (SSSR count). The van der Waals surface area contributed by atoms with E-state index in [1.807, 2.05) is 44.2 Å². The lowest BCUT2D eigenvalue weighted by molar-refractivity contribution is 0.600. The topological polar surface area (TPSA) is 87.2 Å². The van der Waals surface area contributed by atoms with E-state index in [0.29, 0.717) is 16.1 Å². The molecular formula is C23H27N5O2S. The zero-order valence-electron chi connectivity index (χ0n) is 18.0. The van der Waals surface area contributed by atoms with Crippen molar-refractivity contribution < 1.29 is 8.42 Å². The zero-order chi connectivity index (χ0) is 22.0. The van der Waals surface area contributed by atoms with Gasteiger partial charge in [0.1, 0.15) is 5.82 Å². The van der Waals surface area contributed by atoms with Crippen molar-refractivity contribution >= 4 is 33.2 Å². The van der Waals surface area contributed by atoms with Gasteiger partial charge in [0.25, 0.3) is 10.0 Å². The number of aryl methyl sites for hydroxylation is 3. The summed E-state index contributed by atoms with van der Waals surface area (Å²) in [5.74, 6) is 1.47. The van der Waals surface area contributed by atoms with Gasteiger partial charge in [-0.15, -0.1) is 0 Å². The number of rotatable bonds is 6. The number of sulfonamides is 1. The Morgan fingerprint density at radius 2 is 1.55 bits per heavy atom. The van der Waals surface area contributed by atoms with E-state index in [1.165, 1.54) is 12.8 Å². The average molecular weight is 438 g/mol. The van der Waals surface area contributed by atoms with Crippen LogP contribution in [0.5, 0.6) is 0 Å². The van der Waals surface area contributed by atoms with E-state index in [1.54, 1.807) is 25.1 Å². The predicted molar refractivity (Wildman–Crippen MR) is 125 cm³/mol. The third kappa shape index (κ3) is 4.96. The molecule has 3 aromatic rings.